The normalized spacial score (nSPS) is 13.4. The van der Waals surface area contributed by atoms with E-state index in [1.54, 1.807) is 11.9 Å². The number of rotatable bonds is 10. The van der Waals surface area contributed by atoms with Gasteiger partial charge in [-0.1, -0.05) is 26.7 Å². The molecule has 114 valence electrons. The molecule has 3 N–H and O–H groups in total. The molecule has 0 fully saturated rings. The van der Waals surface area contributed by atoms with Crippen LogP contribution in [0.25, 0.3) is 0 Å². The minimum atomic E-state index is -0.655. The minimum absolute atomic E-state index is 0.0360. The molecule has 0 aromatic heterocycles. The first kappa shape index (κ1) is 18.4. The molecule has 0 aromatic rings. The number of methoxy groups -OCH3 is 1. The van der Waals surface area contributed by atoms with Crippen molar-refractivity contribution >= 4 is 5.91 Å². The van der Waals surface area contributed by atoms with Gasteiger partial charge in [0.25, 0.3) is 0 Å². The number of carbonyl (C=O) groups is 1. The summed E-state index contributed by atoms with van der Waals surface area (Å²) in [5, 5.41) is 9.72. The van der Waals surface area contributed by atoms with Crippen molar-refractivity contribution in [2.45, 2.75) is 45.6 Å². The SMILES string of the molecule is CCCC(CN)(CCC)C(=O)N(C)CC(O)COC. The van der Waals surface area contributed by atoms with Crippen molar-refractivity contribution in [2.24, 2.45) is 11.1 Å². The molecule has 0 aliphatic carbocycles. The highest BCUT2D eigenvalue weighted by molar-refractivity contribution is 5.82. The number of hydrogen-bond donors (Lipinski definition) is 2. The molecule has 1 unspecified atom stereocenters. The van der Waals surface area contributed by atoms with Crippen molar-refractivity contribution in [3.63, 3.8) is 0 Å². The van der Waals surface area contributed by atoms with E-state index in [1.165, 1.54) is 7.11 Å². The molecule has 19 heavy (non-hydrogen) atoms. The van der Waals surface area contributed by atoms with Gasteiger partial charge >= 0.3 is 0 Å². The number of hydrogen-bond acceptors (Lipinski definition) is 4. The number of aliphatic hydroxyl groups excluding tert-OH is 1. The summed E-state index contributed by atoms with van der Waals surface area (Å²) in [4.78, 5) is 14.2. The third-order valence-electron chi connectivity index (χ3n) is 3.49. The topological polar surface area (TPSA) is 75.8 Å². The van der Waals surface area contributed by atoms with Crippen molar-refractivity contribution in [2.75, 3.05) is 33.9 Å². The van der Waals surface area contributed by atoms with E-state index in [-0.39, 0.29) is 19.1 Å². The highest BCUT2D eigenvalue weighted by Crippen LogP contribution is 2.31. The monoisotopic (exact) mass is 274 g/mol. The standard InChI is InChI=1S/C14H30N2O3/c1-5-7-14(11-15,8-6-2)13(18)16(3)9-12(17)10-19-4/h12,17H,5-11,15H2,1-4H3. The molecule has 1 amide bonds. The maximum Gasteiger partial charge on any atom is 0.229 e. The summed E-state index contributed by atoms with van der Waals surface area (Å²) < 4.78 is 4.88. The molecule has 0 heterocycles. The smallest absolute Gasteiger partial charge is 0.229 e. The van der Waals surface area contributed by atoms with E-state index in [0.29, 0.717) is 6.54 Å². The molecule has 0 saturated heterocycles. The van der Waals surface area contributed by atoms with Gasteiger partial charge in [0, 0.05) is 27.2 Å². The Morgan fingerprint density at radius 1 is 1.37 bits per heavy atom. The van der Waals surface area contributed by atoms with E-state index in [2.05, 4.69) is 13.8 Å². The molecule has 0 rings (SSSR count). The number of nitrogens with zero attached hydrogens (tertiary/aromatic N) is 1. The molecule has 0 bridgehead atoms. The lowest BCUT2D eigenvalue weighted by Crippen LogP contribution is -2.49. The van der Waals surface area contributed by atoms with E-state index in [1.807, 2.05) is 0 Å². The van der Waals surface area contributed by atoms with Gasteiger partial charge in [-0.25, -0.2) is 0 Å². The second kappa shape index (κ2) is 9.28. The van der Waals surface area contributed by atoms with Crippen molar-refractivity contribution in [3.05, 3.63) is 0 Å². The first-order valence-corrected chi connectivity index (χ1v) is 7.10. The maximum absolute atomic E-state index is 12.6. The van der Waals surface area contributed by atoms with Crippen molar-refractivity contribution in [1.29, 1.82) is 0 Å². The lowest BCUT2D eigenvalue weighted by Gasteiger charge is -2.35. The van der Waals surface area contributed by atoms with Gasteiger partial charge in [0.1, 0.15) is 0 Å². The van der Waals surface area contributed by atoms with Crippen LogP contribution in [0.15, 0.2) is 0 Å². The zero-order chi connectivity index (χ0) is 14.9. The Balaban J connectivity index is 4.77. The summed E-state index contributed by atoms with van der Waals surface area (Å²) in [7, 11) is 3.25. The lowest BCUT2D eigenvalue weighted by molar-refractivity contribution is -0.143. The summed E-state index contributed by atoms with van der Waals surface area (Å²) in [6.45, 7) is 5.00. The van der Waals surface area contributed by atoms with Gasteiger partial charge in [-0.05, 0) is 12.8 Å². The highest BCUT2D eigenvalue weighted by atomic mass is 16.5. The number of ether oxygens (including phenoxy) is 1. The van der Waals surface area contributed by atoms with E-state index in [0.717, 1.165) is 25.7 Å². The third kappa shape index (κ3) is 5.47. The van der Waals surface area contributed by atoms with Crippen LogP contribution >= 0.6 is 0 Å². The van der Waals surface area contributed by atoms with Crippen LogP contribution < -0.4 is 5.73 Å². The Bertz CT molecular complexity index is 253. The summed E-state index contributed by atoms with van der Waals surface area (Å²) in [5.41, 5.74) is 5.39. The summed E-state index contributed by atoms with van der Waals surface area (Å²) >= 11 is 0. The van der Waals surface area contributed by atoms with Gasteiger partial charge in [0.2, 0.25) is 5.91 Å². The molecule has 0 aliphatic rings. The van der Waals surface area contributed by atoms with Gasteiger partial charge in [0.15, 0.2) is 0 Å². The van der Waals surface area contributed by atoms with Gasteiger partial charge in [-0.3, -0.25) is 4.79 Å². The second-order valence-corrected chi connectivity index (χ2v) is 5.28. The Hall–Kier alpha value is -0.650. The van der Waals surface area contributed by atoms with Crippen LogP contribution in [-0.4, -0.2) is 55.9 Å². The molecule has 0 aromatic carbocycles. The molecule has 0 saturated carbocycles. The van der Waals surface area contributed by atoms with Crippen LogP contribution in [-0.2, 0) is 9.53 Å². The first-order chi connectivity index (χ1) is 8.97. The lowest BCUT2D eigenvalue weighted by atomic mass is 9.78. The number of carbonyl (C=O) groups excluding carboxylic acids is 1. The van der Waals surface area contributed by atoms with Crippen LogP contribution in [0.1, 0.15) is 39.5 Å². The Kier molecular flexibility index (Phi) is 8.97. The number of nitrogens with two attached hydrogens (primary N) is 1. The molecular formula is C14H30N2O3. The number of amides is 1. The Morgan fingerprint density at radius 3 is 2.26 bits per heavy atom. The molecule has 1 atom stereocenters. The predicted octanol–water partition coefficient (Wildman–Crippen LogP) is 0.997. The van der Waals surface area contributed by atoms with Crippen molar-refractivity contribution < 1.29 is 14.6 Å². The summed E-state index contributed by atoms with van der Waals surface area (Å²) in [6.07, 6.45) is 2.79. The van der Waals surface area contributed by atoms with Gasteiger partial charge in [0.05, 0.1) is 18.1 Å². The van der Waals surface area contributed by atoms with E-state index in [4.69, 9.17) is 10.5 Å². The zero-order valence-electron chi connectivity index (χ0n) is 12.8. The van der Waals surface area contributed by atoms with E-state index >= 15 is 0 Å². The van der Waals surface area contributed by atoms with Gasteiger partial charge in [-0.2, -0.15) is 0 Å². The highest BCUT2D eigenvalue weighted by Gasteiger charge is 2.37. The van der Waals surface area contributed by atoms with E-state index < -0.39 is 11.5 Å². The minimum Gasteiger partial charge on any atom is -0.389 e. The maximum atomic E-state index is 12.6. The average molecular weight is 274 g/mol. The molecule has 5 heteroatoms. The predicted molar refractivity (Wildman–Crippen MR) is 76.8 cm³/mol. The Labute approximate surface area is 117 Å². The molecule has 0 spiro atoms. The van der Waals surface area contributed by atoms with Gasteiger partial charge in [-0.15, -0.1) is 0 Å². The third-order valence-corrected chi connectivity index (χ3v) is 3.49. The average Bonchev–Trinajstić information content (AvgIpc) is 2.37. The van der Waals surface area contributed by atoms with E-state index in [9.17, 15) is 9.90 Å². The summed E-state index contributed by atoms with van der Waals surface area (Å²) in [5.74, 6) is 0.0360. The number of aliphatic hydroxyl groups is 1. The molecular weight excluding hydrogens is 244 g/mol. The molecule has 5 nitrogen and oxygen atoms in total. The fraction of sp³-hybridized carbons (Fsp3) is 0.929. The van der Waals surface area contributed by atoms with Crippen LogP contribution in [0.5, 0.6) is 0 Å². The van der Waals surface area contributed by atoms with Crippen LogP contribution in [0.4, 0.5) is 0 Å². The second-order valence-electron chi connectivity index (χ2n) is 5.28. The fourth-order valence-corrected chi connectivity index (χ4v) is 2.64. The van der Waals surface area contributed by atoms with Crippen LogP contribution in [0.2, 0.25) is 0 Å². The quantitative estimate of drug-likeness (QED) is 0.623. The van der Waals surface area contributed by atoms with Crippen molar-refractivity contribution in [1.82, 2.24) is 4.90 Å². The largest absolute Gasteiger partial charge is 0.389 e. The Morgan fingerprint density at radius 2 is 1.89 bits per heavy atom. The summed E-state index contributed by atoms with van der Waals surface area (Å²) in [6, 6.07) is 0. The van der Waals surface area contributed by atoms with Crippen LogP contribution in [0, 0.1) is 5.41 Å². The molecule has 0 aliphatic heterocycles. The number of likely N-dealkylation sites (N-methyl/N-ethyl adjacent to an activating group) is 1. The van der Waals surface area contributed by atoms with Gasteiger partial charge < -0.3 is 20.5 Å². The molecule has 0 radical (unpaired) electrons. The first-order valence-electron chi connectivity index (χ1n) is 7.10. The van der Waals surface area contributed by atoms with Crippen LogP contribution in [0.3, 0.4) is 0 Å². The zero-order valence-corrected chi connectivity index (χ0v) is 12.8. The fourth-order valence-electron chi connectivity index (χ4n) is 2.64. The van der Waals surface area contributed by atoms with Crippen molar-refractivity contribution in [3.8, 4) is 0 Å².